The Morgan fingerprint density at radius 2 is 2.14 bits per heavy atom. The molecule has 1 aliphatic carbocycles. The second-order valence-corrected chi connectivity index (χ2v) is 6.05. The summed E-state index contributed by atoms with van der Waals surface area (Å²) in [6.45, 7) is 8.93. The minimum atomic E-state index is 0.635. The van der Waals surface area contributed by atoms with Crippen LogP contribution >= 0.6 is 11.6 Å². The topological polar surface area (TPSA) is 39.7 Å². The van der Waals surface area contributed by atoms with Crippen molar-refractivity contribution in [3.8, 4) is 0 Å². The van der Waals surface area contributed by atoms with E-state index in [0.717, 1.165) is 48.8 Å². The summed E-state index contributed by atoms with van der Waals surface area (Å²) in [6.07, 6.45) is 2.72. The van der Waals surface area contributed by atoms with Gasteiger partial charge >= 0.3 is 0 Å². The van der Waals surface area contributed by atoms with Gasteiger partial charge in [0.05, 0.1) is 6.54 Å². The Bertz CT molecular complexity index is 485. The molecule has 1 aromatic carbocycles. The number of benzene rings is 1. The van der Waals surface area contributed by atoms with Gasteiger partial charge in [0.15, 0.2) is 5.96 Å². The van der Waals surface area contributed by atoms with Gasteiger partial charge in [-0.25, -0.2) is 4.99 Å². The van der Waals surface area contributed by atoms with Crippen LogP contribution in [0.1, 0.15) is 32.3 Å². The molecule has 0 aliphatic heterocycles. The molecule has 0 bridgehead atoms. The second kappa shape index (κ2) is 9.01. The first kappa shape index (κ1) is 17.1. The summed E-state index contributed by atoms with van der Waals surface area (Å²) in [5, 5.41) is 7.47. The smallest absolute Gasteiger partial charge is 0.191 e. The van der Waals surface area contributed by atoms with Crippen LogP contribution in [0, 0.1) is 0 Å². The van der Waals surface area contributed by atoms with Crippen molar-refractivity contribution in [2.75, 3.05) is 26.2 Å². The van der Waals surface area contributed by atoms with E-state index in [1.165, 1.54) is 12.8 Å². The number of likely N-dealkylation sites (N-methyl/N-ethyl adjacent to an activating group) is 1. The van der Waals surface area contributed by atoms with E-state index in [4.69, 9.17) is 11.6 Å². The van der Waals surface area contributed by atoms with Gasteiger partial charge in [-0.15, -0.1) is 0 Å². The first-order valence-corrected chi connectivity index (χ1v) is 8.61. The third-order valence-corrected chi connectivity index (χ3v) is 4.05. The fourth-order valence-electron chi connectivity index (χ4n) is 2.50. The standard InChI is InChI=1S/C17H27ClN4/c1-3-19-17(20-10-11-22(4-2)16-8-9-16)21-13-14-6-5-7-15(18)12-14/h5-7,12,16H,3-4,8-11,13H2,1-2H3,(H2,19,20,21). The lowest BCUT2D eigenvalue weighted by Crippen LogP contribution is -2.42. The molecule has 1 fully saturated rings. The van der Waals surface area contributed by atoms with Gasteiger partial charge in [-0.05, 0) is 44.0 Å². The van der Waals surface area contributed by atoms with Crippen LogP contribution in [-0.4, -0.2) is 43.1 Å². The molecule has 22 heavy (non-hydrogen) atoms. The minimum absolute atomic E-state index is 0.635. The number of nitrogens with one attached hydrogen (secondary N) is 2. The van der Waals surface area contributed by atoms with Crippen molar-refractivity contribution in [1.29, 1.82) is 0 Å². The molecule has 1 aliphatic rings. The molecule has 0 amide bonds. The van der Waals surface area contributed by atoms with E-state index in [2.05, 4.69) is 34.4 Å². The molecular weight excluding hydrogens is 296 g/mol. The fraction of sp³-hybridized carbons (Fsp3) is 0.588. The number of halogens is 1. The van der Waals surface area contributed by atoms with E-state index in [9.17, 15) is 0 Å². The molecule has 0 radical (unpaired) electrons. The summed E-state index contributed by atoms with van der Waals surface area (Å²) < 4.78 is 0. The lowest BCUT2D eigenvalue weighted by Gasteiger charge is -2.20. The first-order valence-electron chi connectivity index (χ1n) is 8.23. The molecule has 122 valence electrons. The van der Waals surface area contributed by atoms with E-state index in [1.54, 1.807) is 0 Å². The van der Waals surface area contributed by atoms with Gasteiger partial charge < -0.3 is 10.6 Å². The van der Waals surface area contributed by atoms with Crippen molar-refractivity contribution in [2.24, 2.45) is 4.99 Å². The molecule has 0 saturated heterocycles. The van der Waals surface area contributed by atoms with Crippen molar-refractivity contribution in [3.63, 3.8) is 0 Å². The molecule has 1 aromatic rings. The average molecular weight is 323 g/mol. The van der Waals surface area contributed by atoms with Crippen LogP contribution in [0.3, 0.4) is 0 Å². The molecule has 1 saturated carbocycles. The number of guanidine groups is 1. The van der Waals surface area contributed by atoms with Crippen LogP contribution in [0.5, 0.6) is 0 Å². The molecule has 4 nitrogen and oxygen atoms in total. The number of hydrogen-bond donors (Lipinski definition) is 2. The SMILES string of the molecule is CCNC(=NCc1cccc(Cl)c1)NCCN(CC)C1CC1. The third kappa shape index (κ3) is 5.85. The number of rotatable bonds is 8. The van der Waals surface area contributed by atoms with Gasteiger partial charge in [-0.3, -0.25) is 4.90 Å². The maximum atomic E-state index is 6.01. The third-order valence-electron chi connectivity index (χ3n) is 3.81. The van der Waals surface area contributed by atoms with Crippen LogP contribution in [0.4, 0.5) is 0 Å². The van der Waals surface area contributed by atoms with Crippen LogP contribution in [0.25, 0.3) is 0 Å². The number of nitrogens with zero attached hydrogens (tertiary/aromatic N) is 2. The molecule has 0 atom stereocenters. The average Bonchev–Trinajstić information content (AvgIpc) is 3.34. The highest BCUT2D eigenvalue weighted by atomic mass is 35.5. The van der Waals surface area contributed by atoms with Gasteiger partial charge in [0.2, 0.25) is 0 Å². The summed E-state index contributed by atoms with van der Waals surface area (Å²) in [5.74, 6) is 0.870. The first-order chi connectivity index (χ1) is 10.7. The van der Waals surface area contributed by atoms with E-state index < -0.39 is 0 Å². The van der Waals surface area contributed by atoms with E-state index in [-0.39, 0.29) is 0 Å². The summed E-state index contributed by atoms with van der Waals surface area (Å²) in [7, 11) is 0. The quantitative estimate of drug-likeness (QED) is 0.571. The Labute approximate surface area is 138 Å². The molecule has 0 spiro atoms. The van der Waals surface area contributed by atoms with Gasteiger partial charge in [0, 0.05) is 30.7 Å². The lowest BCUT2D eigenvalue weighted by molar-refractivity contribution is 0.282. The lowest BCUT2D eigenvalue weighted by atomic mass is 10.2. The summed E-state index contributed by atoms with van der Waals surface area (Å²) in [4.78, 5) is 7.16. The summed E-state index contributed by atoms with van der Waals surface area (Å²) >= 11 is 6.01. The van der Waals surface area contributed by atoms with Crippen molar-refractivity contribution < 1.29 is 0 Å². The van der Waals surface area contributed by atoms with Gasteiger partial charge in [0.1, 0.15) is 0 Å². The van der Waals surface area contributed by atoms with E-state index >= 15 is 0 Å². The predicted molar refractivity (Wildman–Crippen MR) is 94.5 cm³/mol. The highest BCUT2D eigenvalue weighted by Gasteiger charge is 2.27. The Morgan fingerprint density at radius 3 is 2.77 bits per heavy atom. The van der Waals surface area contributed by atoms with Gasteiger partial charge in [-0.1, -0.05) is 30.7 Å². The Kier molecular flexibility index (Phi) is 7.00. The highest BCUT2D eigenvalue weighted by Crippen LogP contribution is 2.25. The van der Waals surface area contributed by atoms with Gasteiger partial charge in [-0.2, -0.15) is 0 Å². The van der Waals surface area contributed by atoms with Crippen molar-refractivity contribution in [2.45, 2.75) is 39.3 Å². The maximum Gasteiger partial charge on any atom is 0.191 e. The molecule has 2 rings (SSSR count). The zero-order chi connectivity index (χ0) is 15.8. The fourth-order valence-corrected chi connectivity index (χ4v) is 2.72. The zero-order valence-corrected chi connectivity index (χ0v) is 14.4. The van der Waals surface area contributed by atoms with E-state index in [1.807, 2.05) is 24.3 Å². The molecule has 0 unspecified atom stereocenters. The summed E-state index contributed by atoms with van der Waals surface area (Å²) in [6, 6.07) is 8.67. The monoisotopic (exact) mass is 322 g/mol. The number of aliphatic imine (C=N–C) groups is 1. The van der Waals surface area contributed by atoms with Crippen molar-refractivity contribution >= 4 is 17.6 Å². The van der Waals surface area contributed by atoms with Crippen molar-refractivity contribution in [1.82, 2.24) is 15.5 Å². The minimum Gasteiger partial charge on any atom is -0.357 e. The maximum absolute atomic E-state index is 6.01. The molecule has 0 aromatic heterocycles. The normalized spacial score (nSPS) is 15.2. The highest BCUT2D eigenvalue weighted by molar-refractivity contribution is 6.30. The van der Waals surface area contributed by atoms with Gasteiger partial charge in [0.25, 0.3) is 0 Å². The Balaban J connectivity index is 1.81. The van der Waals surface area contributed by atoms with E-state index in [0.29, 0.717) is 6.54 Å². The number of hydrogen-bond acceptors (Lipinski definition) is 2. The second-order valence-electron chi connectivity index (χ2n) is 5.61. The van der Waals surface area contributed by atoms with Crippen LogP contribution in [0.15, 0.2) is 29.3 Å². The Hall–Kier alpha value is -1.26. The summed E-state index contributed by atoms with van der Waals surface area (Å²) in [5.41, 5.74) is 1.12. The molecule has 2 N–H and O–H groups in total. The van der Waals surface area contributed by atoms with Crippen molar-refractivity contribution in [3.05, 3.63) is 34.9 Å². The Morgan fingerprint density at radius 1 is 1.32 bits per heavy atom. The van der Waals surface area contributed by atoms with Crippen LogP contribution < -0.4 is 10.6 Å². The van der Waals surface area contributed by atoms with Crippen LogP contribution in [-0.2, 0) is 6.54 Å². The molecule has 0 heterocycles. The predicted octanol–water partition coefficient (Wildman–Crippen LogP) is 2.88. The molecule has 5 heteroatoms. The largest absolute Gasteiger partial charge is 0.357 e. The molecular formula is C17H27ClN4. The zero-order valence-electron chi connectivity index (χ0n) is 13.6. The van der Waals surface area contributed by atoms with Crippen LogP contribution in [0.2, 0.25) is 5.02 Å².